The zero-order valence-corrected chi connectivity index (χ0v) is 15.2. The van der Waals surface area contributed by atoms with Crippen LogP contribution in [0.4, 0.5) is 10.5 Å². The summed E-state index contributed by atoms with van der Waals surface area (Å²) in [5, 5.41) is 12.2. The molecule has 0 heterocycles. The number of phenolic OH excluding ortho intramolecular Hbond substituents is 1. The van der Waals surface area contributed by atoms with Crippen LogP contribution in [0.1, 0.15) is 18.1 Å². The first-order valence-corrected chi connectivity index (χ1v) is 8.62. The van der Waals surface area contributed by atoms with Crippen LogP contribution in [-0.2, 0) is 11.2 Å². The van der Waals surface area contributed by atoms with Crippen molar-refractivity contribution >= 4 is 17.7 Å². The maximum absolute atomic E-state index is 12.0. The Bertz CT molecular complexity index is 965. The van der Waals surface area contributed by atoms with Crippen molar-refractivity contribution in [2.75, 3.05) is 5.32 Å². The molecule has 0 spiro atoms. The van der Waals surface area contributed by atoms with Gasteiger partial charge in [-0.1, -0.05) is 24.3 Å². The number of benzene rings is 3. The molecule has 0 bridgehead atoms. The van der Waals surface area contributed by atoms with Gasteiger partial charge in [0.2, 0.25) is 0 Å². The standard InChI is InChI=1S/C22H19NO5/c1-15(24)27-20-9-11-21(12-10-20)28-22(26)23-18-7-5-16(6-8-18)13-17-3-2-4-19(25)14-17/h2-12,14,25H,13H2,1H3,(H,23,26). The van der Waals surface area contributed by atoms with Gasteiger partial charge >= 0.3 is 12.1 Å². The lowest BCUT2D eigenvalue weighted by molar-refractivity contribution is -0.131. The number of phenols is 1. The van der Waals surface area contributed by atoms with Crippen molar-refractivity contribution in [1.82, 2.24) is 0 Å². The third-order valence-electron chi connectivity index (χ3n) is 3.82. The van der Waals surface area contributed by atoms with Crippen molar-refractivity contribution in [3.05, 3.63) is 83.9 Å². The SMILES string of the molecule is CC(=O)Oc1ccc(OC(=O)Nc2ccc(Cc3cccc(O)c3)cc2)cc1. The Balaban J connectivity index is 1.54. The first kappa shape index (κ1) is 19.0. The maximum Gasteiger partial charge on any atom is 0.417 e. The minimum Gasteiger partial charge on any atom is -0.508 e. The molecule has 28 heavy (non-hydrogen) atoms. The monoisotopic (exact) mass is 377 g/mol. The molecule has 6 nitrogen and oxygen atoms in total. The van der Waals surface area contributed by atoms with E-state index in [0.29, 0.717) is 23.6 Å². The first-order chi connectivity index (χ1) is 13.5. The predicted octanol–water partition coefficient (Wildman–Crippen LogP) is 4.52. The summed E-state index contributed by atoms with van der Waals surface area (Å²) in [6.07, 6.45) is 0.0503. The number of carbonyl (C=O) groups is 2. The minimum atomic E-state index is -0.624. The summed E-state index contributed by atoms with van der Waals surface area (Å²) in [7, 11) is 0. The lowest BCUT2D eigenvalue weighted by Gasteiger charge is -2.08. The number of hydrogen-bond donors (Lipinski definition) is 2. The molecule has 0 saturated carbocycles. The fourth-order valence-electron chi connectivity index (χ4n) is 2.60. The Morgan fingerprint density at radius 3 is 2.11 bits per heavy atom. The summed E-state index contributed by atoms with van der Waals surface area (Å²) in [6, 6.07) is 20.6. The Labute approximate surface area is 162 Å². The second-order valence-corrected chi connectivity index (χ2v) is 6.12. The smallest absolute Gasteiger partial charge is 0.417 e. The highest BCUT2D eigenvalue weighted by Crippen LogP contribution is 2.19. The summed E-state index contributed by atoms with van der Waals surface area (Å²) in [6.45, 7) is 1.31. The van der Waals surface area contributed by atoms with Gasteiger partial charge in [0.1, 0.15) is 17.2 Å². The van der Waals surface area contributed by atoms with E-state index in [2.05, 4.69) is 5.32 Å². The lowest BCUT2D eigenvalue weighted by Crippen LogP contribution is -2.16. The fraction of sp³-hybridized carbons (Fsp3) is 0.0909. The van der Waals surface area contributed by atoms with Gasteiger partial charge in [-0.25, -0.2) is 4.79 Å². The van der Waals surface area contributed by atoms with E-state index in [0.717, 1.165) is 11.1 Å². The van der Waals surface area contributed by atoms with E-state index < -0.39 is 12.1 Å². The van der Waals surface area contributed by atoms with Gasteiger partial charge in [0.05, 0.1) is 0 Å². The highest BCUT2D eigenvalue weighted by molar-refractivity contribution is 5.86. The van der Waals surface area contributed by atoms with E-state index in [1.54, 1.807) is 42.5 Å². The van der Waals surface area contributed by atoms with Crippen molar-refractivity contribution in [2.24, 2.45) is 0 Å². The van der Waals surface area contributed by atoms with Crippen molar-refractivity contribution in [2.45, 2.75) is 13.3 Å². The molecule has 0 radical (unpaired) electrons. The van der Waals surface area contributed by atoms with E-state index in [1.807, 2.05) is 18.2 Å². The first-order valence-electron chi connectivity index (χ1n) is 8.62. The van der Waals surface area contributed by atoms with Crippen LogP contribution in [0.2, 0.25) is 0 Å². The van der Waals surface area contributed by atoms with Gasteiger partial charge in [0.15, 0.2) is 0 Å². The third kappa shape index (κ3) is 5.60. The largest absolute Gasteiger partial charge is 0.508 e. The molecule has 2 N–H and O–H groups in total. The van der Waals surface area contributed by atoms with Crippen LogP contribution in [0.25, 0.3) is 0 Å². The number of amides is 1. The van der Waals surface area contributed by atoms with Crippen LogP contribution in [0, 0.1) is 0 Å². The minimum absolute atomic E-state index is 0.236. The van der Waals surface area contributed by atoms with Crippen LogP contribution in [0.3, 0.4) is 0 Å². The van der Waals surface area contributed by atoms with Gasteiger partial charge < -0.3 is 14.6 Å². The van der Waals surface area contributed by atoms with Crippen LogP contribution in [0.5, 0.6) is 17.2 Å². The summed E-state index contributed by atoms with van der Waals surface area (Å²) in [5.41, 5.74) is 2.64. The average molecular weight is 377 g/mol. The zero-order valence-electron chi connectivity index (χ0n) is 15.2. The number of hydrogen-bond acceptors (Lipinski definition) is 5. The highest BCUT2D eigenvalue weighted by atomic mass is 16.6. The van der Waals surface area contributed by atoms with Gasteiger partial charge in [-0.05, 0) is 66.1 Å². The number of anilines is 1. The predicted molar refractivity (Wildman–Crippen MR) is 105 cm³/mol. The zero-order chi connectivity index (χ0) is 19.9. The Morgan fingerprint density at radius 2 is 1.50 bits per heavy atom. The number of ether oxygens (including phenoxy) is 2. The van der Waals surface area contributed by atoms with Gasteiger partial charge in [-0.2, -0.15) is 0 Å². The van der Waals surface area contributed by atoms with Crippen LogP contribution in [-0.4, -0.2) is 17.2 Å². The van der Waals surface area contributed by atoms with Crippen molar-refractivity contribution < 1.29 is 24.2 Å². The number of nitrogens with one attached hydrogen (secondary N) is 1. The number of rotatable bonds is 5. The Morgan fingerprint density at radius 1 is 0.857 bits per heavy atom. The summed E-state index contributed by atoms with van der Waals surface area (Å²) in [4.78, 5) is 22.9. The topological polar surface area (TPSA) is 84.9 Å². The quantitative estimate of drug-likeness (QED) is 0.504. The summed E-state index contributed by atoms with van der Waals surface area (Å²) < 4.78 is 10.1. The van der Waals surface area contributed by atoms with Crippen molar-refractivity contribution in [3.8, 4) is 17.2 Å². The van der Waals surface area contributed by atoms with Gasteiger partial charge in [-0.15, -0.1) is 0 Å². The van der Waals surface area contributed by atoms with Crippen LogP contribution in [0.15, 0.2) is 72.8 Å². The molecule has 0 unspecified atom stereocenters. The molecule has 3 aromatic rings. The Kier molecular flexibility index (Phi) is 5.91. The molecule has 3 aromatic carbocycles. The molecule has 0 aromatic heterocycles. The van der Waals surface area contributed by atoms with Gasteiger partial charge in [0, 0.05) is 12.6 Å². The molecule has 0 fully saturated rings. The number of aromatic hydroxyl groups is 1. The molecule has 0 saturated heterocycles. The van der Waals surface area contributed by atoms with Crippen molar-refractivity contribution in [3.63, 3.8) is 0 Å². The van der Waals surface area contributed by atoms with Gasteiger partial charge in [0.25, 0.3) is 0 Å². The molecule has 3 rings (SSSR count). The van der Waals surface area contributed by atoms with E-state index in [4.69, 9.17) is 9.47 Å². The van der Waals surface area contributed by atoms with E-state index in [9.17, 15) is 14.7 Å². The van der Waals surface area contributed by atoms with E-state index in [-0.39, 0.29) is 5.75 Å². The second kappa shape index (κ2) is 8.73. The summed E-state index contributed by atoms with van der Waals surface area (Å²) in [5.74, 6) is 0.523. The number of esters is 1. The average Bonchev–Trinajstić information content (AvgIpc) is 2.64. The van der Waals surface area contributed by atoms with Crippen LogP contribution >= 0.6 is 0 Å². The summed E-state index contributed by atoms with van der Waals surface area (Å²) >= 11 is 0. The van der Waals surface area contributed by atoms with Gasteiger partial charge in [-0.3, -0.25) is 10.1 Å². The van der Waals surface area contributed by atoms with E-state index in [1.165, 1.54) is 19.1 Å². The molecule has 0 aliphatic heterocycles. The molecule has 6 heteroatoms. The third-order valence-corrected chi connectivity index (χ3v) is 3.82. The van der Waals surface area contributed by atoms with Crippen LogP contribution < -0.4 is 14.8 Å². The molecule has 0 atom stereocenters. The second-order valence-electron chi connectivity index (χ2n) is 6.12. The molecule has 0 aliphatic carbocycles. The van der Waals surface area contributed by atoms with Crippen molar-refractivity contribution in [1.29, 1.82) is 0 Å². The maximum atomic E-state index is 12.0. The normalized spacial score (nSPS) is 10.2. The van der Waals surface area contributed by atoms with E-state index >= 15 is 0 Å². The number of carbonyl (C=O) groups excluding carboxylic acids is 2. The molecule has 1 amide bonds. The lowest BCUT2D eigenvalue weighted by atomic mass is 10.0. The fourth-order valence-corrected chi connectivity index (χ4v) is 2.60. The Hall–Kier alpha value is -3.80. The highest BCUT2D eigenvalue weighted by Gasteiger charge is 2.07. The molecular weight excluding hydrogens is 358 g/mol. The molecule has 142 valence electrons. The molecule has 0 aliphatic rings. The molecular formula is C22H19NO5.